The van der Waals surface area contributed by atoms with Gasteiger partial charge in [0.05, 0.1) is 21.8 Å². The van der Waals surface area contributed by atoms with E-state index in [0.717, 1.165) is 16.2 Å². The molecule has 0 aliphatic heterocycles. The average molecular weight is 323 g/mol. The van der Waals surface area contributed by atoms with Crippen LogP contribution in [0.1, 0.15) is 21.8 Å². The molecule has 3 rings (SSSR count). The predicted molar refractivity (Wildman–Crippen MR) is 87.8 cm³/mol. The summed E-state index contributed by atoms with van der Waals surface area (Å²) < 4.78 is 7.06. The van der Waals surface area contributed by atoms with Gasteiger partial charge in [0, 0.05) is 29.4 Å². The van der Waals surface area contributed by atoms with Gasteiger partial charge in [0.1, 0.15) is 12.7 Å². The van der Waals surface area contributed by atoms with Crippen LogP contribution in [0, 0.1) is 18.3 Å². The van der Waals surface area contributed by atoms with Crippen molar-refractivity contribution in [1.82, 2.24) is 9.38 Å². The highest BCUT2D eigenvalue weighted by Crippen LogP contribution is 2.18. The largest absolute Gasteiger partial charge is 0.458 e. The van der Waals surface area contributed by atoms with Gasteiger partial charge in [0.2, 0.25) is 0 Å². The summed E-state index contributed by atoms with van der Waals surface area (Å²) >= 11 is 1.52. The number of hydrogen-bond acceptors (Lipinski definition) is 5. The first-order valence-electron chi connectivity index (χ1n) is 6.93. The summed E-state index contributed by atoms with van der Waals surface area (Å²) in [6.45, 7) is 1.96. The molecule has 0 bridgehead atoms. The molecule has 3 aromatic heterocycles. The summed E-state index contributed by atoms with van der Waals surface area (Å²) in [7, 11) is 0. The Hall–Kier alpha value is -2.91. The van der Waals surface area contributed by atoms with Gasteiger partial charge in [-0.05, 0) is 25.1 Å². The molecular formula is C17H13N3O2S. The third kappa shape index (κ3) is 3.30. The van der Waals surface area contributed by atoms with E-state index in [9.17, 15) is 10.1 Å². The van der Waals surface area contributed by atoms with E-state index in [4.69, 9.17) is 4.74 Å². The van der Waals surface area contributed by atoms with E-state index < -0.39 is 5.97 Å². The second-order valence-electron chi connectivity index (χ2n) is 4.87. The van der Waals surface area contributed by atoms with E-state index in [1.54, 1.807) is 12.3 Å². The van der Waals surface area contributed by atoms with Gasteiger partial charge in [0.15, 0.2) is 0 Å². The Morgan fingerprint density at radius 1 is 1.52 bits per heavy atom. The molecule has 0 amide bonds. The first kappa shape index (κ1) is 15.0. The van der Waals surface area contributed by atoms with Crippen molar-refractivity contribution >= 4 is 28.9 Å². The molecule has 0 radical (unpaired) electrons. The van der Waals surface area contributed by atoms with Crippen molar-refractivity contribution in [2.45, 2.75) is 13.5 Å². The van der Waals surface area contributed by atoms with E-state index in [1.165, 1.54) is 17.4 Å². The third-order valence-corrected chi connectivity index (χ3v) is 4.06. The van der Waals surface area contributed by atoms with Crippen LogP contribution in [0.2, 0.25) is 0 Å². The van der Waals surface area contributed by atoms with Gasteiger partial charge in [-0.25, -0.2) is 9.78 Å². The minimum atomic E-state index is -0.463. The van der Waals surface area contributed by atoms with E-state index in [-0.39, 0.29) is 6.61 Å². The highest BCUT2D eigenvalue weighted by Gasteiger charge is 2.11. The Morgan fingerprint density at radius 2 is 2.39 bits per heavy atom. The lowest BCUT2D eigenvalue weighted by Gasteiger charge is -1.99. The van der Waals surface area contributed by atoms with Crippen molar-refractivity contribution in [3.8, 4) is 6.07 Å². The first-order valence-corrected chi connectivity index (χ1v) is 7.81. The van der Waals surface area contributed by atoms with Crippen LogP contribution in [-0.2, 0) is 16.1 Å². The standard InChI is InChI=1S/C17H13N3O2S/c1-12-19-14(11-23-12)5-6-17(21)22-10-13-9-20-7-3-2-4-16(20)15(13)8-18/h2-7,9,11H,10H2,1H3/b6-5+. The number of nitrogens with zero attached hydrogens (tertiary/aromatic N) is 3. The number of pyridine rings is 1. The summed E-state index contributed by atoms with van der Waals surface area (Å²) in [5.74, 6) is -0.463. The van der Waals surface area contributed by atoms with Gasteiger partial charge < -0.3 is 9.14 Å². The zero-order valence-electron chi connectivity index (χ0n) is 12.4. The number of esters is 1. The molecule has 6 heteroatoms. The molecule has 0 saturated heterocycles. The molecule has 3 aromatic rings. The molecular weight excluding hydrogens is 310 g/mol. The topological polar surface area (TPSA) is 67.4 Å². The van der Waals surface area contributed by atoms with E-state index in [2.05, 4.69) is 11.1 Å². The molecule has 0 aliphatic rings. The van der Waals surface area contributed by atoms with Gasteiger partial charge in [0.25, 0.3) is 0 Å². The monoisotopic (exact) mass is 323 g/mol. The van der Waals surface area contributed by atoms with Gasteiger partial charge in [-0.2, -0.15) is 5.26 Å². The summed E-state index contributed by atoms with van der Waals surface area (Å²) in [4.78, 5) is 16.0. The lowest BCUT2D eigenvalue weighted by atomic mass is 10.2. The fraction of sp³-hybridized carbons (Fsp3) is 0.118. The number of aryl methyl sites for hydroxylation is 1. The molecule has 0 fully saturated rings. The SMILES string of the molecule is Cc1nc(/C=C/C(=O)OCc2cn3ccccc3c2C#N)cs1. The van der Waals surface area contributed by atoms with Crippen LogP contribution >= 0.6 is 11.3 Å². The number of ether oxygens (including phenoxy) is 1. The quantitative estimate of drug-likeness (QED) is 0.545. The highest BCUT2D eigenvalue weighted by atomic mass is 32.1. The molecule has 0 aliphatic carbocycles. The molecule has 114 valence electrons. The molecule has 0 N–H and O–H groups in total. The van der Waals surface area contributed by atoms with E-state index in [1.807, 2.05) is 41.1 Å². The zero-order valence-corrected chi connectivity index (χ0v) is 13.2. The Bertz CT molecular complexity index is 931. The van der Waals surface area contributed by atoms with Crippen LogP contribution in [0.4, 0.5) is 0 Å². The second-order valence-corrected chi connectivity index (χ2v) is 5.93. The van der Waals surface area contributed by atoms with Gasteiger partial charge in [-0.3, -0.25) is 0 Å². The van der Waals surface area contributed by atoms with Gasteiger partial charge >= 0.3 is 5.97 Å². The number of fused-ring (bicyclic) bond motifs is 1. The van der Waals surface area contributed by atoms with Crippen LogP contribution in [0.3, 0.4) is 0 Å². The molecule has 23 heavy (non-hydrogen) atoms. The maximum absolute atomic E-state index is 11.8. The third-order valence-electron chi connectivity index (χ3n) is 3.27. The molecule has 0 saturated carbocycles. The number of thiazole rings is 1. The van der Waals surface area contributed by atoms with Crippen LogP contribution in [0.5, 0.6) is 0 Å². The predicted octanol–water partition coefficient (Wildman–Crippen LogP) is 3.33. The van der Waals surface area contributed by atoms with E-state index in [0.29, 0.717) is 11.1 Å². The average Bonchev–Trinajstić information content (AvgIpc) is 3.13. The highest BCUT2D eigenvalue weighted by molar-refractivity contribution is 7.09. The smallest absolute Gasteiger partial charge is 0.331 e. The zero-order chi connectivity index (χ0) is 16.2. The number of rotatable bonds is 4. The van der Waals surface area contributed by atoms with Crippen LogP contribution in [-0.4, -0.2) is 15.4 Å². The number of carbonyl (C=O) groups excluding carboxylic acids is 1. The Labute approximate surface area is 137 Å². The minimum Gasteiger partial charge on any atom is -0.458 e. The molecule has 0 unspecified atom stereocenters. The number of carbonyl (C=O) groups is 1. The van der Waals surface area contributed by atoms with Crippen LogP contribution < -0.4 is 0 Å². The van der Waals surface area contributed by atoms with Crippen molar-refractivity contribution in [1.29, 1.82) is 5.26 Å². The van der Waals surface area contributed by atoms with Crippen molar-refractivity contribution in [2.24, 2.45) is 0 Å². The Kier molecular flexibility index (Phi) is 4.22. The number of nitriles is 1. The fourth-order valence-corrected chi connectivity index (χ4v) is 2.80. The molecule has 0 spiro atoms. The number of aromatic nitrogens is 2. The summed E-state index contributed by atoms with van der Waals surface area (Å²) in [6.07, 6.45) is 6.62. The minimum absolute atomic E-state index is 0.0594. The lowest BCUT2D eigenvalue weighted by molar-refractivity contribution is -0.138. The molecule has 0 atom stereocenters. The van der Waals surface area contributed by atoms with Crippen molar-refractivity contribution < 1.29 is 9.53 Å². The second kappa shape index (κ2) is 6.46. The summed E-state index contributed by atoms with van der Waals surface area (Å²) in [5, 5.41) is 12.1. The van der Waals surface area contributed by atoms with Crippen LogP contribution in [0.25, 0.3) is 11.6 Å². The van der Waals surface area contributed by atoms with Crippen molar-refractivity contribution in [3.63, 3.8) is 0 Å². The summed E-state index contributed by atoms with van der Waals surface area (Å²) in [5.41, 5.74) is 2.74. The van der Waals surface area contributed by atoms with Gasteiger partial charge in [-0.1, -0.05) is 6.07 Å². The molecule has 5 nitrogen and oxygen atoms in total. The van der Waals surface area contributed by atoms with Gasteiger partial charge in [-0.15, -0.1) is 11.3 Å². The van der Waals surface area contributed by atoms with Crippen molar-refractivity contribution in [3.05, 3.63) is 63.9 Å². The normalized spacial score (nSPS) is 11.0. The molecule has 0 aromatic carbocycles. The van der Waals surface area contributed by atoms with Crippen LogP contribution in [0.15, 0.2) is 42.0 Å². The maximum Gasteiger partial charge on any atom is 0.331 e. The molecule has 3 heterocycles. The fourth-order valence-electron chi connectivity index (χ4n) is 2.22. The van der Waals surface area contributed by atoms with E-state index >= 15 is 0 Å². The van der Waals surface area contributed by atoms with Crippen molar-refractivity contribution in [2.75, 3.05) is 0 Å². The maximum atomic E-state index is 11.8. The Morgan fingerprint density at radius 3 is 3.13 bits per heavy atom. The summed E-state index contributed by atoms with van der Waals surface area (Å²) in [6, 6.07) is 7.76. The number of hydrogen-bond donors (Lipinski definition) is 0. The lowest BCUT2D eigenvalue weighted by Crippen LogP contribution is -2.01. The first-order chi connectivity index (χ1) is 11.2. The Balaban J connectivity index is 1.70.